The van der Waals surface area contributed by atoms with Crippen molar-refractivity contribution in [2.45, 2.75) is 0 Å². The number of aromatic hydroxyl groups is 2. The highest BCUT2D eigenvalue weighted by molar-refractivity contribution is 7.80. The second kappa shape index (κ2) is 5.76. The number of rotatable bonds is 3. The van der Waals surface area contributed by atoms with Crippen LogP contribution in [0.25, 0.3) is 0 Å². The van der Waals surface area contributed by atoms with Crippen LogP contribution in [-0.2, 0) is 0 Å². The van der Waals surface area contributed by atoms with Crippen LogP contribution < -0.4 is 11.1 Å². The van der Waals surface area contributed by atoms with Gasteiger partial charge in [-0.05, 0) is 30.3 Å². The molecule has 0 aromatic heterocycles. The van der Waals surface area contributed by atoms with Crippen molar-refractivity contribution >= 4 is 28.8 Å². The number of para-hydroxylation sites is 1. The summed E-state index contributed by atoms with van der Waals surface area (Å²) in [6.07, 6.45) is 0. The number of nitrogens with one attached hydrogen (secondary N) is 1. The number of phenolic OH excluding ortho intramolecular Hbond substituents is 2. The molecule has 0 aliphatic carbocycles. The number of carbonyl (C=O) groups excluding carboxylic acids is 1. The number of halogens is 1. The summed E-state index contributed by atoms with van der Waals surface area (Å²) < 4.78 is 13.2. The molecule has 21 heavy (non-hydrogen) atoms. The minimum absolute atomic E-state index is 0.0788. The van der Waals surface area contributed by atoms with Gasteiger partial charge >= 0.3 is 0 Å². The van der Waals surface area contributed by atoms with E-state index in [1.54, 1.807) is 0 Å². The lowest BCUT2D eigenvalue weighted by Gasteiger charge is -2.11. The SMILES string of the molecule is NC(=S)c1cc(F)ccc1NC(=O)c1cccc(O)c1O. The molecule has 0 saturated carbocycles. The van der Waals surface area contributed by atoms with Gasteiger partial charge in [-0.25, -0.2) is 4.39 Å². The number of thiocarbonyl (C=S) groups is 1. The molecular formula is C14H11FN2O3S. The van der Waals surface area contributed by atoms with E-state index in [0.29, 0.717) is 0 Å². The maximum absolute atomic E-state index is 13.2. The van der Waals surface area contributed by atoms with E-state index in [0.717, 1.165) is 12.1 Å². The van der Waals surface area contributed by atoms with Crippen molar-refractivity contribution in [2.24, 2.45) is 5.73 Å². The number of carbonyl (C=O) groups is 1. The van der Waals surface area contributed by atoms with Gasteiger partial charge in [0.2, 0.25) is 0 Å². The van der Waals surface area contributed by atoms with Crippen LogP contribution in [-0.4, -0.2) is 21.1 Å². The molecule has 108 valence electrons. The van der Waals surface area contributed by atoms with Crippen molar-refractivity contribution in [3.63, 3.8) is 0 Å². The van der Waals surface area contributed by atoms with E-state index in [-0.39, 0.29) is 21.8 Å². The van der Waals surface area contributed by atoms with Crippen LogP contribution in [0.5, 0.6) is 11.5 Å². The quantitative estimate of drug-likeness (QED) is 0.514. The van der Waals surface area contributed by atoms with Crippen molar-refractivity contribution in [3.8, 4) is 11.5 Å². The molecule has 0 atom stereocenters. The van der Waals surface area contributed by atoms with Gasteiger partial charge in [-0.1, -0.05) is 18.3 Å². The first-order valence-electron chi connectivity index (χ1n) is 5.82. The van der Waals surface area contributed by atoms with E-state index in [9.17, 15) is 19.4 Å². The second-order valence-corrected chi connectivity index (χ2v) is 4.62. The number of hydrogen-bond acceptors (Lipinski definition) is 4. The van der Waals surface area contributed by atoms with Crippen LogP contribution in [0, 0.1) is 5.82 Å². The lowest BCUT2D eigenvalue weighted by molar-refractivity contribution is 0.102. The third-order valence-electron chi connectivity index (χ3n) is 2.75. The number of benzene rings is 2. The van der Waals surface area contributed by atoms with Crippen LogP contribution in [0.2, 0.25) is 0 Å². The van der Waals surface area contributed by atoms with E-state index in [1.165, 1.54) is 24.3 Å². The Bertz CT molecular complexity index is 734. The second-order valence-electron chi connectivity index (χ2n) is 4.18. The molecule has 0 radical (unpaired) electrons. The van der Waals surface area contributed by atoms with Crippen molar-refractivity contribution in [1.82, 2.24) is 0 Å². The molecular weight excluding hydrogens is 295 g/mol. The van der Waals surface area contributed by atoms with E-state index in [1.807, 2.05) is 0 Å². The molecule has 2 aromatic rings. The highest BCUT2D eigenvalue weighted by Gasteiger charge is 2.16. The van der Waals surface area contributed by atoms with E-state index < -0.39 is 23.2 Å². The van der Waals surface area contributed by atoms with Gasteiger partial charge in [0.1, 0.15) is 10.8 Å². The average Bonchev–Trinajstić information content (AvgIpc) is 2.43. The van der Waals surface area contributed by atoms with Crippen LogP contribution in [0.4, 0.5) is 10.1 Å². The van der Waals surface area contributed by atoms with Gasteiger partial charge in [0, 0.05) is 5.56 Å². The third kappa shape index (κ3) is 3.09. The molecule has 0 aliphatic rings. The maximum Gasteiger partial charge on any atom is 0.259 e. The van der Waals surface area contributed by atoms with Gasteiger partial charge in [-0.2, -0.15) is 0 Å². The fourth-order valence-electron chi connectivity index (χ4n) is 1.73. The minimum Gasteiger partial charge on any atom is -0.504 e. The molecule has 5 N–H and O–H groups in total. The molecule has 1 amide bonds. The normalized spacial score (nSPS) is 10.1. The Morgan fingerprint density at radius 1 is 1.19 bits per heavy atom. The van der Waals surface area contributed by atoms with E-state index >= 15 is 0 Å². The summed E-state index contributed by atoms with van der Waals surface area (Å²) in [7, 11) is 0. The highest BCUT2D eigenvalue weighted by Crippen LogP contribution is 2.29. The summed E-state index contributed by atoms with van der Waals surface area (Å²) in [4.78, 5) is 12.0. The molecule has 0 fully saturated rings. The standard InChI is InChI=1S/C14H11FN2O3S/c15-7-4-5-10(9(6-7)13(16)21)17-14(20)8-2-1-3-11(18)12(8)19/h1-6,18-19H,(H2,16,21)(H,17,20). The molecule has 7 heteroatoms. The molecule has 0 spiro atoms. The fraction of sp³-hybridized carbons (Fsp3) is 0. The van der Waals surface area contributed by atoms with Gasteiger partial charge in [0.15, 0.2) is 11.5 Å². The molecule has 0 heterocycles. The largest absolute Gasteiger partial charge is 0.504 e. The van der Waals surface area contributed by atoms with Crippen molar-refractivity contribution < 1.29 is 19.4 Å². The van der Waals surface area contributed by atoms with Gasteiger partial charge in [0.25, 0.3) is 5.91 Å². The first-order chi connectivity index (χ1) is 9.90. The Balaban J connectivity index is 2.36. The number of hydrogen-bond donors (Lipinski definition) is 4. The monoisotopic (exact) mass is 306 g/mol. The Kier molecular flexibility index (Phi) is 4.04. The third-order valence-corrected chi connectivity index (χ3v) is 2.97. The van der Waals surface area contributed by atoms with Crippen LogP contribution in [0.1, 0.15) is 15.9 Å². The Morgan fingerprint density at radius 2 is 1.90 bits per heavy atom. The Labute approximate surface area is 124 Å². The van der Waals surface area contributed by atoms with Crippen molar-refractivity contribution in [1.29, 1.82) is 0 Å². The summed E-state index contributed by atoms with van der Waals surface area (Å²) in [6.45, 7) is 0. The summed E-state index contributed by atoms with van der Waals surface area (Å²) in [6, 6.07) is 7.52. The smallest absolute Gasteiger partial charge is 0.259 e. The average molecular weight is 306 g/mol. The highest BCUT2D eigenvalue weighted by atomic mass is 32.1. The number of nitrogens with two attached hydrogens (primary N) is 1. The molecule has 0 unspecified atom stereocenters. The van der Waals surface area contributed by atoms with Gasteiger partial charge in [0.05, 0.1) is 11.3 Å². The van der Waals surface area contributed by atoms with Crippen LogP contribution >= 0.6 is 12.2 Å². The molecule has 0 bridgehead atoms. The molecule has 2 aromatic carbocycles. The lowest BCUT2D eigenvalue weighted by Crippen LogP contribution is -2.18. The van der Waals surface area contributed by atoms with Crippen LogP contribution in [0.15, 0.2) is 36.4 Å². The summed E-state index contributed by atoms with van der Waals surface area (Å²) >= 11 is 4.80. The first-order valence-corrected chi connectivity index (χ1v) is 6.22. The Morgan fingerprint density at radius 3 is 2.57 bits per heavy atom. The zero-order valence-electron chi connectivity index (χ0n) is 10.6. The molecule has 0 aliphatic heterocycles. The zero-order chi connectivity index (χ0) is 15.6. The van der Waals surface area contributed by atoms with Gasteiger partial charge in [-0.3, -0.25) is 4.79 Å². The topological polar surface area (TPSA) is 95.6 Å². The van der Waals surface area contributed by atoms with Crippen molar-refractivity contribution in [3.05, 3.63) is 53.3 Å². The maximum atomic E-state index is 13.2. The molecule has 2 rings (SSSR count). The number of phenols is 2. The summed E-state index contributed by atoms with van der Waals surface area (Å²) in [5.74, 6) is -2.20. The molecule has 5 nitrogen and oxygen atoms in total. The first kappa shape index (κ1) is 14.7. The van der Waals surface area contributed by atoms with Gasteiger partial charge in [-0.15, -0.1) is 0 Å². The predicted molar refractivity (Wildman–Crippen MR) is 80.0 cm³/mol. The minimum atomic E-state index is -0.687. The Hall–Kier alpha value is -2.67. The molecule has 0 saturated heterocycles. The van der Waals surface area contributed by atoms with E-state index in [4.69, 9.17) is 18.0 Å². The van der Waals surface area contributed by atoms with Crippen LogP contribution in [0.3, 0.4) is 0 Å². The fourth-order valence-corrected chi connectivity index (χ4v) is 1.90. The lowest BCUT2D eigenvalue weighted by atomic mass is 10.1. The number of anilines is 1. The van der Waals surface area contributed by atoms with Crippen molar-refractivity contribution in [2.75, 3.05) is 5.32 Å². The number of amides is 1. The predicted octanol–water partition coefficient (Wildman–Crippen LogP) is 2.12. The van der Waals surface area contributed by atoms with Gasteiger partial charge < -0.3 is 21.3 Å². The summed E-state index contributed by atoms with van der Waals surface area (Å²) in [5.41, 5.74) is 5.71. The zero-order valence-corrected chi connectivity index (χ0v) is 11.4. The summed E-state index contributed by atoms with van der Waals surface area (Å²) in [5, 5.41) is 21.5. The van der Waals surface area contributed by atoms with E-state index in [2.05, 4.69) is 5.32 Å².